The van der Waals surface area contributed by atoms with E-state index < -0.39 is 0 Å². The molecule has 0 aliphatic heterocycles. The molecule has 90 valence electrons. The van der Waals surface area contributed by atoms with Gasteiger partial charge >= 0.3 is 0 Å². The maximum absolute atomic E-state index is 11.8. The third-order valence-corrected chi connectivity index (χ3v) is 2.43. The number of methoxy groups -OCH3 is 1. The predicted molar refractivity (Wildman–Crippen MR) is 68.4 cm³/mol. The van der Waals surface area contributed by atoms with E-state index in [1.165, 1.54) is 7.11 Å². The van der Waals surface area contributed by atoms with Gasteiger partial charge in [0.05, 0.1) is 12.7 Å². The average Bonchev–Trinajstić information content (AvgIpc) is 2.34. The van der Waals surface area contributed by atoms with Crippen molar-refractivity contribution in [2.24, 2.45) is 0 Å². The van der Waals surface area contributed by atoms with Crippen LogP contribution in [-0.4, -0.2) is 19.6 Å². The van der Waals surface area contributed by atoms with Crippen molar-refractivity contribution >= 4 is 17.5 Å². The molecular weight excluding hydrogens is 238 g/mol. The van der Waals surface area contributed by atoms with Crippen molar-refractivity contribution < 1.29 is 9.53 Å². The number of carbonyl (C=O) groups excluding carboxylic acids is 1. The number of ether oxygens (including phenoxy) is 1. The zero-order valence-electron chi connectivity index (χ0n) is 9.63. The molecule has 1 aromatic rings. The number of halogens is 1. The van der Waals surface area contributed by atoms with Crippen molar-refractivity contribution in [2.75, 3.05) is 13.7 Å². The van der Waals surface area contributed by atoms with Gasteiger partial charge in [0.1, 0.15) is 5.75 Å². The van der Waals surface area contributed by atoms with Crippen molar-refractivity contribution in [3.8, 4) is 18.1 Å². The lowest BCUT2D eigenvalue weighted by atomic mass is 10.2. The number of amides is 1. The quantitative estimate of drug-likeness (QED) is 0.645. The van der Waals surface area contributed by atoms with Gasteiger partial charge in [-0.05, 0) is 24.6 Å². The Kier molecular flexibility index (Phi) is 5.38. The Morgan fingerprint density at radius 1 is 1.59 bits per heavy atom. The number of terminal acetylenes is 1. The Balaban J connectivity index is 2.65. The van der Waals surface area contributed by atoms with Crippen LogP contribution in [0.15, 0.2) is 18.2 Å². The molecule has 0 atom stereocenters. The lowest BCUT2D eigenvalue weighted by molar-refractivity contribution is 0.0950. The Morgan fingerprint density at radius 3 is 3.00 bits per heavy atom. The summed E-state index contributed by atoms with van der Waals surface area (Å²) in [4.78, 5) is 11.8. The highest BCUT2D eigenvalue weighted by Crippen LogP contribution is 2.22. The van der Waals surface area contributed by atoms with Crippen LogP contribution in [0.3, 0.4) is 0 Å². The molecule has 0 bridgehead atoms. The summed E-state index contributed by atoms with van der Waals surface area (Å²) in [6.45, 7) is 0.550. The maximum atomic E-state index is 11.8. The molecule has 0 aliphatic rings. The third-order valence-electron chi connectivity index (χ3n) is 2.19. The molecule has 0 aliphatic carbocycles. The average molecular weight is 252 g/mol. The molecule has 0 fully saturated rings. The molecule has 0 heterocycles. The molecule has 0 aromatic heterocycles. The second-order valence-corrected chi connectivity index (χ2v) is 3.84. The number of benzene rings is 1. The van der Waals surface area contributed by atoms with Crippen LogP contribution in [0.5, 0.6) is 5.75 Å². The summed E-state index contributed by atoms with van der Waals surface area (Å²) in [6, 6.07) is 4.90. The Labute approximate surface area is 106 Å². The van der Waals surface area contributed by atoms with Crippen LogP contribution in [0.2, 0.25) is 5.02 Å². The van der Waals surface area contributed by atoms with Gasteiger partial charge in [-0.3, -0.25) is 4.79 Å². The number of hydrogen-bond acceptors (Lipinski definition) is 2. The van der Waals surface area contributed by atoms with Crippen molar-refractivity contribution in [1.82, 2.24) is 5.32 Å². The van der Waals surface area contributed by atoms with Gasteiger partial charge in [0.25, 0.3) is 5.91 Å². The van der Waals surface area contributed by atoms with Gasteiger partial charge in [0.15, 0.2) is 0 Å². The summed E-state index contributed by atoms with van der Waals surface area (Å²) in [7, 11) is 1.50. The van der Waals surface area contributed by atoms with Crippen LogP contribution < -0.4 is 10.1 Å². The minimum absolute atomic E-state index is 0.185. The molecule has 1 amide bonds. The van der Waals surface area contributed by atoms with E-state index in [2.05, 4.69) is 11.2 Å². The largest absolute Gasteiger partial charge is 0.496 e. The summed E-state index contributed by atoms with van der Waals surface area (Å²) in [6.07, 6.45) is 6.53. The summed E-state index contributed by atoms with van der Waals surface area (Å²) in [5.74, 6) is 2.80. The zero-order valence-corrected chi connectivity index (χ0v) is 10.4. The number of nitrogens with one attached hydrogen (secondary N) is 1. The minimum Gasteiger partial charge on any atom is -0.496 e. The molecule has 1 N–H and O–H groups in total. The fraction of sp³-hybridized carbons (Fsp3) is 0.308. The van der Waals surface area contributed by atoms with E-state index in [9.17, 15) is 4.79 Å². The van der Waals surface area contributed by atoms with Crippen LogP contribution in [0.4, 0.5) is 0 Å². The van der Waals surface area contributed by atoms with Gasteiger partial charge in [-0.25, -0.2) is 0 Å². The maximum Gasteiger partial charge on any atom is 0.255 e. The molecule has 0 radical (unpaired) electrons. The summed E-state index contributed by atoms with van der Waals surface area (Å²) in [5, 5.41) is 3.30. The Morgan fingerprint density at radius 2 is 2.35 bits per heavy atom. The number of rotatable bonds is 5. The first-order valence-electron chi connectivity index (χ1n) is 5.24. The first-order valence-corrected chi connectivity index (χ1v) is 5.62. The van der Waals surface area contributed by atoms with Crippen LogP contribution in [0, 0.1) is 12.3 Å². The standard InChI is InChI=1S/C13H14ClNO2/c1-3-4-5-8-15-13(16)11-7-6-10(14)9-12(11)17-2/h1,6-7,9H,4-5,8H2,2H3,(H,15,16). The van der Waals surface area contributed by atoms with Crippen LogP contribution >= 0.6 is 11.6 Å². The summed E-state index contributed by atoms with van der Waals surface area (Å²) in [5.41, 5.74) is 0.470. The highest BCUT2D eigenvalue weighted by molar-refractivity contribution is 6.30. The topological polar surface area (TPSA) is 38.3 Å². The lowest BCUT2D eigenvalue weighted by Crippen LogP contribution is -2.24. The van der Waals surface area contributed by atoms with Crippen molar-refractivity contribution in [2.45, 2.75) is 12.8 Å². The zero-order chi connectivity index (χ0) is 12.7. The molecule has 4 heteroatoms. The van der Waals surface area contributed by atoms with E-state index in [-0.39, 0.29) is 5.91 Å². The van der Waals surface area contributed by atoms with E-state index in [4.69, 9.17) is 22.8 Å². The van der Waals surface area contributed by atoms with Crippen LogP contribution in [0.25, 0.3) is 0 Å². The second-order valence-electron chi connectivity index (χ2n) is 3.41. The van der Waals surface area contributed by atoms with E-state index in [0.717, 1.165) is 6.42 Å². The molecule has 0 saturated heterocycles. The van der Waals surface area contributed by atoms with Gasteiger partial charge in [0.2, 0.25) is 0 Å². The molecule has 3 nitrogen and oxygen atoms in total. The van der Waals surface area contributed by atoms with E-state index >= 15 is 0 Å². The Hall–Kier alpha value is -1.66. The van der Waals surface area contributed by atoms with E-state index in [0.29, 0.717) is 29.3 Å². The van der Waals surface area contributed by atoms with E-state index in [1.54, 1.807) is 18.2 Å². The first-order chi connectivity index (χ1) is 8.19. The van der Waals surface area contributed by atoms with Crippen molar-refractivity contribution in [1.29, 1.82) is 0 Å². The number of carbonyl (C=O) groups is 1. The van der Waals surface area contributed by atoms with Gasteiger partial charge in [-0.1, -0.05) is 11.6 Å². The molecule has 17 heavy (non-hydrogen) atoms. The number of unbranched alkanes of at least 4 members (excludes halogenated alkanes) is 1. The molecule has 0 saturated carbocycles. The molecule has 1 aromatic carbocycles. The molecular formula is C13H14ClNO2. The summed E-state index contributed by atoms with van der Waals surface area (Å²) >= 11 is 5.81. The minimum atomic E-state index is -0.185. The summed E-state index contributed by atoms with van der Waals surface area (Å²) < 4.78 is 5.10. The van der Waals surface area contributed by atoms with Crippen molar-refractivity contribution in [3.63, 3.8) is 0 Å². The molecule has 1 rings (SSSR count). The third kappa shape index (κ3) is 4.01. The van der Waals surface area contributed by atoms with Crippen molar-refractivity contribution in [3.05, 3.63) is 28.8 Å². The monoisotopic (exact) mass is 251 g/mol. The van der Waals surface area contributed by atoms with Gasteiger partial charge < -0.3 is 10.1 Å². The van der Waals surface area contributed by atoms with Crippen LogP contribution in [0.1, 0.15) is 23.2 Å². The van der Waals surface area contributed by atoms with Crippen LogP contribution in [-0.2, 0) is 0 Å². The highest BCUT2D eigenvalue weighted by Gasteiger charge is 2.11. The molecule has 0 spiro atoms. The smallest absolute Gasteiger partial charge is 0.255 e. The first kappa shape index (κ1) is 13.4. The number of hydrogen-bond donors (Lipinski definition) is 1. The normalized spacial score (nSPS) is 9.47. The predicted octanol–water partition coefficient (Wildman–Crippen LogP) is 2.49. The fourth-order valence-electron chi connectivity index (χ4n) is 1.34. The van der Waals surface area contributed by atoms with Gasteiger partial charge in [-0.2, -0.15) is 0 Å². The second kappa shape index (κ2) is 6.82. The van der Waals surface area contributed by atoms with Gasteiger partial charge in [0, 0.05) is 18.0 Å². The highest BCUT2D eigenvalue weighted by atomic mass is 35.5. The van der Waals surface area contributed by atoms with Gasteiger partial charge in [-0.15, -0.1) is 12.3 Å². The molecule has 0 unspecified atom stereocenters. The fourth-order valence-corrected chi connectivity index (χ4v) is 1.50. The SMILES string of the molecule is C#CCCCNC(=O)c1ccc(Cl)cc1OC. The Bertz CT molecular complexity index is 438. The lowest BCUT2D eigenvalue weighted by Gasteiger charge is -2.09. The van der Waals surface area contributed by atoms with E-state index in [1.807, 2.05) is 0 Å².